The van der Waals surface area contributed by atoms with Crippen LogP contribution in [0.1, 0.15) is 18.4 Å². The Balaban J connectivity index is 1.68. The predicted octanol–water partition coefficient (Wildman–Crippen LogP) is 4.23. The van der Waals surface area contributed by atoms with Crippen LogP contribution in [-0.4, -0.2) is 26.1 Å². The molecule has 0 spiro atoms. The molecule has 2 aromatic rings. The third-order valence-electron chi connectivity index (χ3n) is 4.22. The summed E-state index contributed by atoms with van der Waals surface area (Å²) >= 11 is 0. The number of anilines is 2. The molecule has 0 aliphatic carbocycles. The number of hydrogen-bond donors (Lipinski definition) is 1. The molecule has 1 fully saturated rings. The summed E-state index contributed by atoms with van der Waals surface area (Å²) < 4.78 is 32.4. The molecule has 1 heterocycles. The van der Waals surface area contributed by atoms with Crippen LogP contribution in [0.2, 0.25) is 0 Å². The zero-order valence-corrected chi connectivity index (χ0v) is 14.5. The van der Waals surface area contributed by atoms with Crippen molar-refractivity contribution in [3.63, 3.8) is 0 Å². The van der Waals surface area contributed by atoms with Crippen molar-refractivity contribution in [1.82, 2.24) is 0 Å². The number of methoxy groups -OCH3 is 1. The molecule has 26 heavy (non-hydrogen) atoms. The van der Waals surface area contributed by atoms with Gasteiger partial charge in [-0.3, -0.25) is 4.79 Å². The molecular formula is C20H20F2N2O2. The fraction of sp³-hybridized carbons (Fsp3) is 0.250. The highest BCUT2D eigenvalue weighted by atomic mass is 19.1. The van der Waals surface area contributed by atoms with Crippen LogP contribution in [0.5, 0.6) is 5.75 Å². The average molecular weight is 358 g/mol. The summed E-state index contributed by atoms with van der Waals surface area (Å²) in [4.78, 5) is 14.2. The zero-order valence-electron chi connectivity index (χ0n) is 14.5. The number of nitrogens with zero attached hydrogens (tertiary/aromatic N) is 1. The fourth-order valence-electron chi connectivity index (χ4n) is 2.95. The van der Waals surface area contributed by atoms with Gasteiger partial charge in [0.15, 0.2) is 11.6 Å². The summed E-state index contributed by atoms with van der Waals surface area (Å²) in [6.45, 7) is 1.78. The Kier molecular flexibility index (Phi) is 5.51. The number of ether oxygens (including phenoxy) is 1. The van der Waals surface area contributed by atoms with E-state index in [-0.39, 0.29) is 5.75 Å². The minimum absolute atomic E-state index is 0.140. The Morgan fingerprint density at radius 1 is 1.15 bits per heavy atom. The average Bonchev–Trinajstić information content (AvgIpc) is 3.14. The van der Waals surface area contributed by atoms with E-state index in [1.165, 1.54) is 43.5 Å². The van der Waals surface area contributed by atoms with E-state index >= 15 is 0 Å². The third kappa shape index (κ3) is 4.39. The summed E-state index contributed by atoms with van der Waals surface area (Å²) in [6.07, 6.45) is 4.93. The quantitative estimate of drug-likeness (QED) is 0.814. The minimum Gasteiger partial charge on any atom is -0.494 e. The molecule has 3 rings (SSSR count). The van der Waals surface area contributed by atoms with Crippen LogP contribution in [-0.2, 0) is 4.79 Å². The maximum absolute atomic E-state index is 13.8. The van der Waals surface area contributed by atoms with Crippen molar-refractivity contribution in [3.05, 3.63) is 59.7 Å². The maximum Gasteiger partial charge on any atom is 0.248 e. The largest absolute Gasteiger partial charge is 0.494 e. The van der Waals surface area contributed by atoms with Crippen LogP contribution in [0.25, 0.3) is 6.08 Å². The predicted molar refractivity (Wildman–Crippen MR) is 98.5 cm³/mol. The van der Waals surface area contributed by atoms with Gasteiger partial charge in [-0.05, 0) is 54.8 Å². The molecule has 1 N–H and O–H groups in total. The summed E-state index contributed by atoms with van der Waals surface area (Å²) in [7, 11) is 1.39. The van der Waals surface area contributed by atoms with Crippen LogP contribution >= 0.6 is 0 Å². The molecule has 1 amide bonds. The second-order valence-electron chi connectivity index (χ2n) is 6.11. The highest BCUT2D eigenvalue weighted by Crippen LogP contribution is 2.25. The number of benzene rings is 2. The number of rotatable bonds is 5. The van der Waals surface area contributed by atoms with Gasteiger partial charge in [0.25, 0.3) is 0 Å². The Morgan fingerprint density at radius 3 is 2.62 bits per heavy atom. The summed E-state index contributed by atoms with van der Waals surface area (Å²) in [5.41, 5.74) is 1.68. The lowest BCUT2D eigenvalue weighted by Crippen LogP contribution is -2.18. The molecule has 0 unspecified atom stereocenters. The van der Waals surface area contributed by atoms with Crippen LogP contribution in [0.15, 0.2) is 42.5 Å². The van der Waals surface area contributed by atoms with Crippen LogP contribution < -0.4 is 15.0 Å². The second kappa shape index (κ2) is 7.99. The van der Waals surface area contributed by atoms with Gasteiger partial charge >= 0.3 is 0 Å². The number of carbonyl (C=O) groups is 1. The standard InChI is InChI=1S/C20H20F2N2O2/c1-26-19-6-4-14(10-18(19)22)5-7-20(25)23-16-11-15(21)12-17(13-16)24-8-2-3-9-24/h4-7,10-13H,2-3,8-9H2,1H3,(H,23,25)/b7-5+. The van der Waals surface area contributed by atoms with Crippen molar-refractivity contribution in [1.29, 1.82) is 0 Å². The molecule has 0 radical (unpaired) electrons. The van der Waals surface area contributed by atoms with Gasteiger partial charge in [0.05, 0.1) is 7.11 Å². The Bertz CT molecular complexity index is 831. The minimum atomic E-state index is -0.504. The van der Waals surface area contributed by atoms with Crippen LogP contribution in [0, 0.1) is 11.6 Å². The molecule has 0 atom stereocenters. The SMILES string of the molecule is COc1ccc(/C=C/C(=O)Nc2cc(F)cc(N3CCCC3)c2)cc1F. The molecule has 4 nitrogen and oxygen atoms in total. The van der Waals surface area contributed by atoms with Gasteiger partial charge in [0.2, 0.25) is 5.91 Å². The van der Waals surface area contributed by atoms with Gasteiger partial charge < -0.3 is 15.0 Å². The third-order valence-corrected chi connectivity index (χ3v) is 4.22. The molecule has 6 heteroatoms. The van der Waals surface area contributed by atoms with Crippen molar-refractivity contribution < 1.29 is 18.3 Å². The molecular weight excluding hydrogens is 338 g/mol. The number of carbonyl (C=O) groups excluding carboxylic acids is 1. The van der Waals surface area contributed by atoms with Crippen LogP contribution in [0.4, 0.5) is 20.2 Å². The highest BCUT2D eigenvalue weighted by Gasteiger charge is 2.14. The molecule has 0 aromatic heterocycles. The summed E-state index contributed by atoms with van der Waals surface area (Å²) in [5, 5.41) is 2.64. The zero-order chi connectivity index (χ0) is 18.5. The van der Waals surface area contributed by atoms with Crippen molar-refractivity contribution >= 4 is 23.4 Å². The van der Waals surface area contributed by atoms with E-state index in [4.69, 9.17) is 4.74 Å². The van der Waals surface area contributed by atoms with Crippen molar-refractivity contribution in [2.45, 2.75) is 12.8 Å². The van der Waals surface area contributed by atoms with Gasteiger partial charge in [-0.15, -0.1) is 0 Å². The molecule has 2 aromatic carbocycles. The number of amides is 1. The van der Waals surface area contributed by atoms with E-state index in [2.05, 4.69) is 10.2 Å². The molecule has 1 aliphatic rings. The van der Waals surface area contributed by atoms with Gasteiger partial charge in [0.1, 0.15) is 5.82 Å². The van der Waals surface area contributed by atoms with Crippen molar-refractivity contribution in [2.75, 3.05) is 30.4 Å². The first-order valence-electron chi connectivity index (χ1n) is 8.43. The first-order valence-corrected chi connectivity index (χ1v) is 8.43. The lowest BCUT2D eigenvalue weighted by molar-refractivity contribution is -0.111. The Hall–Kier alpha value is -2.89. The number of halogens is 2. The lowest BCUT2D eigenvalue weighted by Gasteiger charge is -2.18. The molecule has 0 saturated carbocycles. The van der Waals surface area contributed by atoms with Crippen LogP contribution in [0.3, 0.4) is 0 Å². The van der Waals surface area contributed by atoms with E-state index in [1.807, 2.05) is 0 Å². The van der Waals surface area contributed by atoms with E-state index in [1.54, 1.807) is 12.1 Å². The lowest BCUT2D eigenvalue weighted by atomic mass is 10.2. The van der Waals surface area contributed by atoms with Gasteiger partial charge in [0, 0.05) is 30.5 Å². The van der Waals surface area contributed by atoms with E-state index in [0.717, 1.165) is 31.6 Å². The smallest absolute Gasteiger partial charge is 0.248 e. The number of nitrogens with one attached hydrogen (secondary N) is 1. The second-order valence-corrected chi connectivity index (χ2v) is 6.11. The van der Waals surface area contributed by atoms with Gasteiger partial charge in [-0.1, -0.05) is 6.07 Å². The van der Waals surface area contributed by atoms with Crippen molar-refractivity contribution in [2.24, 2.45) is 0 Å². The monoisotopic (exact) mass is 358 g/mol. The molecule has 1 saturated heterocycles. The maximum atomic E-state index is 13.8. The topological polar surface area (TPSA) is 41.6 Å². The summed E-state index contributed by atoms with van der Waals surface area (Å²) in [6, 6.07) is 8.90. The van der Waals surface area contributed by atoms with E-state index in [0.29, 0.717) is 11.3 Å². The van der Waals surface area contributed by atoms with Gasteiger partial charge in [-0.25, -0.2) is 8.78 Å². The van der Waals surface area contributed by atoms with E-state index in [9.17, 15) is 13.6 Å². The molecule has 136 valence electrons. The first-order chi connectivity index (χ1) is 12.5. The normalized spacial score (nSPS) is 14.0. The fourth-order valence-corrected chi connectivity index (χ4v) is 2.95. The first kappa shape index (κ1) is 17.9. The summed E-state index contributed by atoms with van der Waals surface area (Å²) in [5.74, 6) is -1.18. The number of hydrogen-bond acceptors (Lipinski definition) is 3. The van der Waals surface area contributed by atoms with Crippen molar-refractivity contribution in [3.8, 4) is 5.75 Å². The molecule has 1 aliphatic heterocycles. The van der Waals surface area contributed by atoms with Gasteiger partial charge in [-0.2, -0.15) is 0 Å². The Morgan fingerprint density at radius 2 is 1.92 bits per heavy atom. The molecule has 0 bridgehead atoms. The Labute approximate surface area is 151 Å². The van der Waals surface area contributed by atoms with E-state index < -0.39 is 17.5 Å². The highest BCUT2D eigenvalue weighted by molar-refractivity contribution is 6.02.